The first-order valence-corrected chi connectivity index (χ1v) is 9.03. The SMILES string of the molecule is Cc1ccc(Cl)cc1N1CC[NH+](CC(=O)Nc2ccc(Cl)cn2)CC1. The highest BCUT2D eigenvalue weighted by Crippen LogP contribution is 2.24. The Hall–Kier alpha value is -1.82. The van der Waals surface area contributed by atoms with E-state index in [4.69, 9.17) is 23.2 Å². The minimum absolute atomic E-state index is 0.0304. The number of nitrogens with zero attached hydrogens (tertiary/aromatic N) is 2. The molecule has 0 bridgehead atoms. The average molecular weight is 380 g/mol. The number of benzene rings is 1. The fourth-order valence-corrected chi connectivity index (χ4v) is 3.31. The van der Waals surface area contributed by atoms with E-state index < -0.39 is 0 Å². The lowest BCUT2D eigenvalue weighted by molar-refractivity contribution is -0.892. The summed E-state index contributed by atoms with van der Waals surface area (Å²) in [6.07, 6.45) is 1.52. The number of quaternary nitrogens is 1. The molecule has 1 aromatic heterocycles. The summed E-state index contributed by atoms with van der Waals surface area (Å²) in [6, 6.07) is 9.39. The van der Waals surface area contributed by atoms with Gasteiger partial charge in [-0.1, -0.05) is 29.3 Å². The van der Waals surface area contributed by atoms with Crippen molar-refractivity contribution in [2.24, 2.45) is 0 Å². The molecule has 1 saturated heterocycles. The van der Waals surface area contributed by atoms with Gasteiger partial charge in [0.25, 0.3) is 5.91 Å². The standard InChI is InChI=1S/C18H20Cl2N4O/c1-13-2-3-14(19)10-16(13)24-8-6-23(7-9-24)12-18(25)22-17-5-4-15(20)11-21-17/h2-5,10-11H,6-9,12H2,1H3,(H,21,22,25)/p+1. The van der Waals surface area contributed by atoms with Crippen LogP contribution in [0.25, 0.3) is 0 Å². The van der Waals surface area contributed by atoms with Gasteiger partial charge in [-0.2, -0.15) is 0 Å². The summed E-state index contributed by atoms with van der Waals surface area (Å²) in [5.74, 6) is 0.499. The van der Waals surface area contributed by atoms with Gasteiger partial charge in [0.1, 0.15) is 5.82 Å². The monoisotopic (exact) mass is 379 g/mol. The van der Waals surface area contributed by atoms with Gasteiger partial charge in [0.05, 0.1) is 31.2 Å². The molecule has 0 saturated carbocycles. The summed E-state index contributed by atoms with van der Waals surface area (Å²) < 4.78 is 0. The number of pyridine rings is 1. The van der Waals surface area contributed by atoms with Gasteiger partial charge in [-0.15, -0.1) is 0 Å². The number of anilines is 2. The Morgan fingerprint density at radius 2 is 1.92 bits per heavy atom. The number of hydrogen-bond donors (Lipinski definition) is 2. The largest absolute Gasteiger partial charge is 0.360 e. The second-order valence-electron chi connectivity index (χ2n) is 6.25. The Balaban J connectivity index is 1.51. The third kappa shape index (κ3) is 4.84. The smallest absolute Gasteiger partial charge is 0.280 e. The Labute approximate surface area is 157 Å². The van der Waals surface area contributed by atoms with E-state index in [9.17, 15) is 4.79 Å². The lowest BCUT2D eigenvalue weighted by Gasteiger charge is -2.34. The zero-order valence-corrected chi connectivity index (χ0v) is 15.6. The van der Waals surface area contributed by atoms with E-state index in [0.29, 0.717) is 17.4 Å². The van der Waals surface area contributed by atoms with Crippen LogP contribution in [0.15, 0.2) is 36.5 Å². The van der Waals surface area contributed by atoms with Crippen LogP contribution in [0.2, 0.25) is 10.0 Å². The number of hydrogen-bond acceptors (Lipinski definition) is 3. The van der Waals surface area contributed by atoms with Gasteiger partial charge in [0, 0.05) is 16.9 Å². The molecule has 1 amide bonds. The van der Waals surface area contributed by atoms with Crippen molar-refractivity contribution >= 4 is 40.6 Å². The van der Waals surface area contributed by atoms with E-state index in [1.807, 2.05) is 18.2 Å². The summed E-state index contributed by atoms with van der Waals surface area (Å²) >= 11 is 11.9. The third-order valence-electron chi connectivity index (χ3n) is 4.39. The average Bonchev–Trinajstić information content (AvgIpc) is 2.60. The fourth-order valence-electron chi connectivity index (χ4n) is 3.03. The summed E-state index contributed by atoms with van der Waals surface area (Å²) in [7, 11) is 0. The summed E-state index contributed by atoms with van der Waals surface area (Å²) in [5, 5.41) is 4.12. The second kappa shape index (κ2) is 8.04. The van der Waals surface area contributed by atoms with Crippen molar-refractivity contribution in [3.63, 3.8) is 0 Å². The van der Waals surface area contributed by atoms with Crippen molar-refractivity contribution in [2.45, 2.75) is 6.92 Å². The van der Waals surface area contributed by atoms with Crippen molar-refractivity contribution in [2.75, 3.05) is 42.9 Å². The second-order valence-corrected chi connectivity index (χ2v) is 7.13. The summed E-state index contributed by atoms with van der Waals surface area (Å²) in [5.41, 5.74) is 2.40. The van der Waals surface area contributed by atoms with Crippen molar-refractivity contribution in [1.82, 2.24) is 4.98 Å². The first-order chi connectivity index (χ1) is 12.0. The molecule has 2 aromatic rings. The lowest BCUT2D eigenvalue weighted by atomic mass is 10.1. The molecule has 3 rings (SSSR count). The highest BCUT2D eigenvalue weighted by Gasteiger charge is 2.23. The molecule has 0 unspecified atom stereocenters. The van der Waals surface area contributed by atoms with Crippen LogP contribution >= 0.6 is 23.2 Å². The number of carbonyl (C=O) groups is 1. The molecule has 0 aliphatic carbocycles. The molecule has 0 atom stereocenters. The molecule has 1 aliphatic rings. The highest BCUT2D eigenvalue weighted by atomic mass is 35.5. The van der Waals surface area contributed by atoms with E-state index in [0.717, 1.165) is 31.2 Å². The van der Waals surface area contributed by atoms with E-state index >= 15 is 0 Å². The fraction of sp³-hybridized carbons (Fsp3) is 0.333. The maximum absolute atomic E-state index is 12.2. The van der Waals surface area contributed by atoms with Crippen LogP contribution in [0.5, 0.6) is 0 Å². The Morgan fingerprint density at radius 1 is 1.20 bits per heavy atom. The van der Waals surface area contributed by atoms with Crippen LogP contribution in [0.1, 0.15) is 5.56 Å². The highest BCUT2D eigenvalue weighted by molar-refractivity contribution is 6.31. The number of carbonyl (C=O) groups excluding carboxylic acids is 1. The Kier molecular flexibility index (Phi) is 5.78. The molecular weight excluding hydrogens is 359 g/mol. The number of amides is 1. The molecule has 7 heteroatoms. The van der Waals surface area contributed by atoms with Crippen molar-refractivity contribution in [1.29, 1.82) is 0 Å². The maximum Gasteiger partial charge on any atom is 0.280 e. The van der Waals surface area contributed by atoms with Gasteiger partial charge in [-0.3, -0.25) is 4.79 Å². The van der Waals surface area contributed by atoms with Crippen molar-refractivity contribution in [3.05, 3.63) is 52.1 Å². The van der Waals surface area contributed by atoms with Crippen LogP contribution < -0.4 is 15.1 Å². The minimum Gasteiger partial charge on any atom is -0.360 e. The number of aryl methyl sites for hydroxylation is 1. The van der Waals surface area contributed by atoms with Crippen molar-refractivity contribution < 1.29 is 9.69 Å². The van der Waals surface area contributed by atoms with Crippen LogP contribution in [0, 0.1) is 6.92 Å². The van der Waals surface area contributed by atoms with Gasteiger partial charge in [-0.25, -0.2) is 4.98 Å². The molecule has 0 spiro atoms. The predicted octanol–water partition coefficient (Wildman–Crippen LogP) is 2.04. The normalized spacial score (nSPS) is 15.2. The molecule has 2 N–H and O–H groups in total. The van der Waals surface area contributed by atoms with Crippen LogP contribution in [0.4, 0.5) is 11.5 Å². The number of rotatable bonds is 4. The zero-order valence-electron chi connectivity index (χ0n) is 14.1. The number of piperazine rings is 1. The van der Waals surface area contributed by atoms with E-state index in [2.05, 4.69) is 22.1 Å². The van der Waals surface area contributed by atoms with Gasteiger partial charge < -0.3 is 15.1 Å². The van der Waals surface area contributed by atoms with Crippen LogP contribution in [0.3, 0.4) is 0 Å². The van der Waals surface area contributed by atoms with E-state index in [1.54, 1.807) is 12.1 Å². The minimum atomic E-state index is -0.0304. The molecule has 1 fully saturated rings. The molecule has 0 radical (unpaired) electrons. The Morgan fingerprint density at radius 3 is 2.60 bits per heavy atom. The lowest BCUT2D eigenvalue weighted by Crippen LogP contribution is -3.15. The van der Waals surface area contributed by atoms with Gasteiger partial charge in [0.2, 0.25) is 0 Å². The first-order valence-electron chi connectivity index (χ1n) is 8.27. The molecule has 1 aliphatic heterocycles. The first kappa shape index (κ1) is 18.0. The topological polar surface area (TPSA) is 49.7 Å². The molecule has 1 aromatic carbocycles. The van der Waals surface area contributed by atoms with Gasteiger partial charge in [0.15, 0.2) is 6.54 Å². The van der Waals surface area contributed by atoms with Gasteiger partial charge in [-0.05, 0) is 36.8 Å². The van der Waals surface area contributed by atoms with E-state index in [1.165, 1.54) is 22.3 Å². The molecule has 5 nitrogen and oxygen atoms in total. The third-order valence-corrected chi connectivity index (χ3v) is 4.85. The molecule has 25 heavy (non-hydrogen) atoms. The molecular formula is C18H21Cl2N4O+. The summed E-state index contributed by atoms with van der Waals surface area (Å²) in [4.78, 5) is 19.9. The van der Waals surface area contributed by atoms with Crippen molar-refractivity contribution in [3.8, 4) is 0 Å². The number of halogens is 2. The van der Waals surface area contributed by atoms with Gasteiger partial charge >= 0.3 is 0 Å². The van der Waals surface area contributed by atoms with Crippen LogP contribution in [-0.2, 0) is 4.79 Å². The summed E-state index contributed by atoms with van der Waals surface area (Å²) in [6.45, 7) is 6.16. The zero-order chi connectivity index (χ0) is 17.8. The Bertz CT molecular complexity index is 743. The van der Waals surface area contributed by atoms with Crippen LogP contribution in [-0.4, -0.2) is 43.6 Å². The predicted molar refractivity (Wildman–Crippen MR) is 102 cm³/mol. The maximum atomic E-state index is 12.2. The quantitative estimate of drug-likeness (QED) is 0.854. The molecule has 2 heterocycles. The number of aromatic nitrogens is 1. The number of nitrogens with one attached hydrogen (secondary N) is 2. The van der Waals surface area contributed by atoms with E-state index in [-0.39, 0.29) is 5.91 Å². The molecule has 132 valence electrons.